The van der Waals surface area contributed by atoms with Gasteiger partial charge in [0.15, 0.2) is 0 Å². The van der Waals surface area contributed by atoms with E-state index in [4.69, 9.17) is 4.74 Å². The van der Waals surface area contributed by atoms with Crippen LogP contribution < -0.4 is 10.2 Å². The van der Waals surface area contributed by atoms with Crippen molar-refractivity contribution < 1.29 is 14.3 Å². The van der Waals surface area contributed by atoms with E-state index in [1.54, 1.807) is 18.3 Å². The number of methoxy groups -OCH3 is 1. The van der Waals surface area contributed by atoms with Crippen molar-refractivity contribution in [3.8, 4) is 0 Å². The van der Waals surface area contributed by atoms with Crippen molar-refractivity contribution in [3.05, 3.63) is 66.4 Å². The maximum absolute atomic E-state index is 12.4. The van der Waals surface area contributed by atoms with Gasteiger partial charge in [0, 0.05) is 29.5 Å². The standard InChI is InChI=1S/C21H19N3O3/c1-27-21(26)14-4-6-16(7-5-14)24(19-10-12-23-20(19)25)17-8-9-18-15(13-17)3-2-11-22-18/h2-9,11,13,19H,10,12H2,1H3,(H,23,25). The Kier molecular flexibility index (Phi) is 4.46. The molecule has 3 aromatic rings. The Morgan fingerprint density at radius 3 is 2.63 bits per heavy atom. The zero-order valence-corrected chi connectivity index (χ0v) is 14.9. The Labute approximate surface area is 156 Å². The predicted molar refractivity (Wildman–Crippen MR) is 103 cm³/mol. The lowest BCUT2D eigenvalue weighted by molar-refractivity contribution is -0.120. The zero-order valence-electron chi connectivity index (χ0n) is 14.9. The van der Waals surface area contributed by atoms with Gasteiger partial charge in [0.2, 0.25) is 5.91 Å². The summed E-state index contributed by atoms with van der Waals surface area (Å²) in [5, 5.41) is 3.90. The molecule has 0 bridgehead atoms. The van der Waals surface area contributed by atoms with Crippen LogP contribution in [0.5, 0.6) is 0 Å². The molecule has 0 spiro atoms. The second-order valence-electron chi connectivity index (χ2n) is 6.38. The molecule has 2 heterocycles. The molecule has 0 saturated carbocycles. The summed E-state index contributed by atoms with van der Waals surface area (Å²) >= 11 is 0. The fourth-order valence-corrected chi connectivity index (χ4v) is 3.43. The fourth-order valence-electron chi connectivity index (χ4n) is 3.43. The number of benzene rings is 2. The van der Waals surface area contributed by atoms with Gasteiger partial charge in [0.05, 0.1) is 18.2 Å². The Hall–Kier alpha value is -3.41. The first-order chi connectivity index (χ1) is 13.2. The van der Waals surface area contributed by atoms with Crippen molar-refractivity contribution in [1.29, 1.82) is 0 Å². The van der Waals surface area contributed by atoms with Crippen molar-refractivity contribution in [2.75, 3.05) is 18.6 Å². The van der Waals surface area contributed by atoms with Crippen molar-refractivity contribution in [1.82, 2.24) is 10.3 Å². The average molecular weight is 361 g/mol. The van der Waals surface area contributed by atoms with E-state index in [9.17, 15) is 9.59 Å². The van der Waals surface area contributed by atoms with Gasteiger partial charge < -0.3 is 15.0 Å². The predicted octanol–water partition coefficient (Wildman–Crippen LogP) is 3.05. The van der Waals surface area contributed by atoms with Crippen molar-refractivity contribution >= 4 is 34.2 Å². The number of carbonyl (C=O) groups is 2. The second-order valence-corrected chi connectivity index (χ2v) is 6.38. The van der Waals surface area contributed by atoms with Crippen LogP contribution in [0.4, 0.5) is 11.4 Å². The van der Waals surface area contributed by atoms with Gasteiger partial charge in [0.1, 0.15) is 6.04 Å². The van der Waals surface area contributed by atoms with Crippen molar-refractivity contribution in [2.24, 2.45) is 0 Å². The Bertz CT molecular complexity index is 1000. The minimum absolute atomic E-state index is 0.00155. The molecule has 0 aliphatic carbocycles. The minimum Gasteiger partial charge on any atom is -0.465 e. The zero-order chi connectivity index (χ0) is 18.8. The Morgan fingerprint density at radius 1 is 1.15 bits per heavy atom. The van der Waals surface area contributed by atoms with Crippen LogP contribution in [0.25, 0.3) is 10.9 Å². The van der Waals surface area contributed by atoms with Crippen LogP contribution >= 0.6 is 0 Å². The summed E-state index contributed by atoms with van der Waals surface area (Å²) < 4.78 is 4.76. The number of nitrogens with zero attached hydrogens (tertiary/aromatic N) is 2. The molecule has 1 N–H and O–H groups in total. The van der Waals surface area contributed by atoms with Gasteiger partial charge in [-0.25, -0.2) is 4.79 Å². The third-order valence-electron chi connectivity index (χ3n) is 4.76. The van der Waals surface area contributed by atoms with Crippen LogP contribution in [-0.4, -0.2) is 36.6 Å². The lowest BCUT2D eigenvalue weighted by Crippen LogP contribution is -2.37. The van der Waals surface area contributed by atoms with Crippen LogP contribution in [0.2, 0.25) is 0 Å². The number of rotatable bonds is 4. The number of pyridine rings is 1. The van der Waals surface area contributed by atoms with Gasteiger partial charge in [0.25, 0.3) is 0 Å². The van der Waals surface area contributed by atoms with Gasteiger partial charge in [-0.3, -0.25) is 9.78 Å². The number of carbonyl (C=O) groups excluding carboxylic acids is 2. The van der Waals surface area contributed by atoms with E-state index >= 15 is 0 Å². The SMILES string of the molecule is COC(=O)c1ccc(N(c2ccc3ncccc3c2)C2CCNC2=O)cc1. The minimum atomic E-state index is -0.386. The smallest absolute Gasteiger partial charge is 0.337 e. The van der Waals surface area contributed by atoms with Crippen LogP contribution in [0.15, 0.2) is 60.8 Å². The number of amides is 1. The van der Waals surface area contributed by atoms with E-state index in [1.165, 1.54) is 7.11 Å². The number of ether oxygens (including phenoxy) is 1. The first-order valence-corrected chi connectivity index (χ1v) is 8.77. The highest BCUT2D eigenvalue weighted by Crippen LogP contribution is 2.32. The molecule has 1 unspecified atom stereocenters. The Morgan fingerprint density at radius 2 is 1.93 bits per heavy atom. The average Bonchev–Trinajstić information content (AvgIpc) is 3.13. The summed E-state index contributed by atoms with van der Waals surface area (Å²) in [6.45, 7) is 0.648. The first-order valence-electron chi connectivity index (χ1n) is 8.77. The number of esters is 1. The molecule has 0 radical (unpaired) electrons. The monoisotopic (exact) mass is 361 g/mol. The second kappa shape index (κ2) is 7.07. The molecule has 6 heteroatoms. The molecule has 1 atom stereocenters. The largest absolute Gasteiger partial charge is 0.465 e. The molecule has 2 aromatic carbocycles. The third-order valence-corrected chi connectivity index (χ3v) is 4.76. The van der Waals surface area contributed by atoms with Gasteiger partial charge in [-0.05, 0) is 55.0 Å². The molecular formula is C21H19N3O3. The number of anilines is 2. The highest BCUT2D eigenvalue weighted by Gasteiger charge is 2.31. The lowest BCUT2D eigenvalue weighted by Gasteiger charge is -2.30. The fraction of sp³-hybridized carbons (Fsp3) is 0.190. The van der Waals surface area contributed by atoms with E-state index in [0.717, 1.165) is 22.3 Å². The highest BCUT2D eigenvalue weighted by molar-refractivity contribution is 5.93. The van der Waals surface area contributed by atoms with Gasteiger partial charge in [-0.15, -0.1) is 0 Å². The van der Waals surface area contributed by atoms with E-state index in [-0.39, 0.29) is 17.9 Å². The molecule has 1 aliphatic rings. The third kappa shape index (κ3) is 3.21. The molecule has 1 amide bonds. The van der Waals surface area contributed by atoms with E-state index < -0.39 is 0 Å². The number of nitrogens with one attached hydrogen (secondary N) is 1. The summed E-state index contributed by atoms with van der Waals surface area (Å²) in [7, 11) is 1.36. The maximum atomic E-state index is 12.4. The number of hydrogen-bond donors (Lipinski definition) is 1. The molecule has 1 fully saturated rings. The van der Waals surface area contributed by atoms with E-state index in [2.05, 4.69) is 10.3 Å². The quantitative estimate of drug-likeness (QED) is 0.723. The van der Waals surface area contributed by atoms with Crippen molar-refractivity contribution in [2.45, 2.75) is 12.5 Å². The molecule has 4 rings (SSSR count). The molecule has 27 heavy (non-hydrogen) atoms. The number of aromatic nitrogens is 1. The molecular weight excluding hydrogens is 342 g/mol. The van der Waals surface area contributed by atoms with Gasteiger partial charge in [-0.1, -0.05) is 6.07 Å². The lowest BCUT2D eigenvalue weighted by atomic mass is 10.1. The molecule has 136 valence electrons. The van der Waals surface area contributed by atoms with Crippen LogP contribution in [-0.2, 0) is 9.53 Å². The van der Waals surface area contributed by atoms with Crippen LogP contribution in [0, 0.1) is 0 Å². The van der Waals surface area contributed by atoms with Crippen molar-refractivity contribution in [3.63, 3.8) is 0 Å². The van der Waals surface area contributed by atoms with Crippen LogP contribution in [0.1, 0.15) is 16.8 Å². The van der Waals surface area contributed by atoms with E-state index in [1.807, 2.05) is 47.4 Å². The molecule has 6 nitrogen and oxygen atoms in total. The number of hydrogen-bond acceptors (Lipinski definition) is 5. The summed E-state index contributed by atoms with van der Waals surface area (Å²) in [6.07, 6.45) is 2.47. The molecule has 1 aliphatic heterocycles. The maximum Gasteiger partial charge on any atom is 0.337 e. The Balaban J connectivity index is 1.78. The van der Waals surface area contributed by atoms with E-state index in [0.29, 0.717) is 18.5 Å². The molecule has 1 saturated heterocycles. The molecule has 1 aromatic heterocycles. The first kappa shape index (κ1) is 17.0. The van der Waals surface area contributed by atoms with Crippen LogP contribution in [0.3, 0.4) is 0 Å². The summed E-state index contributed by atoms with van der Waals surface area (Å²) in [4.78, 5) is 30.5. The normalized spacial score (nSPS) is 16.2. The van der Waals surface area contributed by atoms with Gasteiger partial charge >= 0.3 is 5.97 Å². The number of fused-ring (bicyclic) bond motifs is 1. The topological polar surface area (TPSA) is 71.5 Å². The highest BCUT2D eigenvalue weighted by atomic mass is 16.5. The van der Waals surface area contributed by atoms with Gasteiger partial charge in [-0.2, -0.15) is 0 Å². The summed E-state index contributed by atoms with van der Waals surface area (Å²) in [6, 6.07) is 16.6. The summed E-state index contributed by atoms with van der Waals surface area (Å²) in [5.41, 5.74) is 3.12. The summed E-state index contributed by atoms with van der Waals surface area (Å²) in [5.74, 6) is -0.387.